The topological polar surface area (TPSA) is 135 Å². The molecule has 12 heteroatoms. The number of nitrogens with zero attached hydrogens (tertiary/aromatic N) is 4. The van der Waals surface area contributed by atoms with Crippen LogP contribution in [0.3, 0.4) is 0 Å². The number of carbonyl (C=O) groups is 2. The minimum atomic E-state index is -0.345. The Morgan fingerprint density at radius 1 is 1.04 bits per heavy atom. The molecule has 51 heavy (non-hydrogen) atoms. The van der Waals surface area contributed by atoms with Crippen LogP contribution in [0.15, 0.2) is 48.7 Å². The van der Waals surface area contributed by atoms with Gasteiger partial charge in [0.25, 0.3) is 0 Å². The molecule has 4 N–H and O–H groups in total. The standard InChI is InChI=1S/C39H52N8O4/c1-5-34-32(38(44-30-12-16-51-17-13-30)33-23-43-47(6-2)39(33)45-34)22-42-37(49)20-36(48)41-21-27-10-11-35(50-4)31(19-27)29-9-7-8-28(18-29)25-46-15-14-40-26(3)24-46/h7-11,18-19,23,26,30,40H,5-6,12-17,20-22,24-25H2,1-4H3,(H,41,48)(H,42,49)(H,44,45)/t26-/m0/s1. The maximum absolute atomic E-state index is 13.1. The van der Waals surface area contributed by atoms with Crippen LogP contribution in [0.1, 0.15) is 62.4 Å². The predicted octanol–water partition coefficient (Wildman–Crippen LogP) is 4.40. The largest absolute Gasteiger partial charge is 0.496 e. The molecule has 2 aliphatic heterocycles. The first-order valence-electron chi connectivity index (χ1n) is 18.3. The summed E-state index contributed by atoms with van der Waals surface area (Å²) >= 11 is 0. The molecule has 0 bridgehead atoms. The van der Waals surface area contributed by atoms with Gasteiger partial charge in [0.2, 0.25) is 11.8 Å². The number of pyridine rings is 1. The van der Waals surface area contributed by atoms with Crippen LogP contribution in [0.4, 0.5) is 5.69 Å². The van der Waals surface area contributed by atoms with Gasteiger partial charge in [0, 0.05) is 87.9 Å². The van der Waals surface area contributed by atoms with Crippen molar-refractivity contribution in [2.45, 2.75) is 84.7 Å². The average Bonchev–Trinajstić information content (AvgIpc) is 3.56. The fourth-order valence-electron chi connectivity index (χ4n) is 7.10. The second-order valence-corrected chi connectivity index (χ2v) is 13.5. The number of hydrogen-bond acceptors (Lipinski definition) is 9. The molecule has 2 aromatic carbocycles. The Morgan fingerprint density at radius 3 is 2.59 bits per heavy atom. The zero-order valence-electron chi connectivity index (χ0n) is 30.4. The molecule has 0 unspecified atom stereocenters. The Balaban J connectivity index is 1.09. The third-order valence-electron chi connectivity index (χ3n) is 9.81. The van der Waals surface area contributed by atoms with E-state index in [1.165, 1.54) is 5.56 Å². The van der Waals surface area contributed by atoms with E-state index in [2.05, 4.69) is 69.4 Å². The van der Waals surface area contributed by atoms with Crippen LogP contribution in [-0.2, 0) is 46.9 Å². The number of piperazine rings is 1. The van der Waals surface area contributed by atoms with Crippen molar-refractivity contribution in [1.82, 2.24) is 35.6 Å². The number of ether oxygens (including phenoxy) is 2. The van der Waals surface area contributed by atoms with Gasteiger partial charge in [-0.2, -0.15) is 5.10 Å². The molecule has 2 fully saturated rings. The fraction of sp³-hybridized carbons (Fsp3) is 0.487. The van der Waals surface area contributed by atoms with Gasteiger partial charge in [-0.05, 0) is 68.0 Å². The summed E-state index contributed by atoms with van der Waals surface area (Å²) in [6.07, 6.45) is 4.07. The molecule has 2 aromatic heterocycles. The molecule has 0 radical (unpaired) electrons. The molecule has 2 aliphatic rings. The van der Waals surface area contributed by atoms with E-state index in [4.69, 9.17) is 14.5 Å². The van der Waals surface area contributed by atoms with Crippen molar-refractivity contribution in [3.05, 3.63) is 71.0 Å². The second-order valence-electron chi connectivity index (χ2n) is 13.5. The SMILES string of the molecule is CCc1nc2c(cnn2CC)c(NC2CCOCC2)c1CNC(=O)CC(=O)NCc1ccc(OC)c(-c2cccc(CN3CCN[C@@H](C)C3)c2)c1. The second kappa shape index (κ2) is 17.1. The molecular formula is C39H52N8O4. The first-order valence-corrected chi connectivity index (χ1v) is 18.3. The van der Waals surface area contributed by atoms with Gasteiger partial charge < -0.3 is 30.7 Å². The first kappa shape index (κ1) is 36.3. The molecule has 2 saturated heterocycles. The van der Waals surface area contributed by atoms with Gasteiger partial charge in [0.1, 0.15) is 12.2 Å². The molecule has 0 spiro atoms. The molecule has 0 aliphatic carbocycles. The molecule has 12 nitrogen and oxygen atoms in total. The lowest BCUT2D eigenvalue weighted by Crippen LogP contribution is -2.48. The Labute approximate surface area is 300 Å². The van der Waals surface area contributed by atoms with E-state index in [1.807, 2.05) is 36.0 Å². The van der Waals surface area contributed by atoms with E-state index >= 15 is 0 Å². The maximum Gasteiger partial charge on any atom is 0.229 e. The van der Waals surface area contributed by atoms with Crippen LogP contribution in [0.2, 0.25) is 0 Å². The molecule has 0 saturated carbocycles. The summed E-state index contributed by atoms with van der Waals surface area (Å²) in [5.41, 5.74) is 7.80. The van der Waals surface area contributed by atoms with Crippen molar-refractivity contribution in [3.63, 3.8) is 0 Å². The summed E-state index contributed by atoms with van der Waals surface area (Å²) in [7, 11) is 1.67. The monoisotopic (exact) mass is 696 g/mol. The summed E-state index contributed by atoms with van der Waals surface area (Å²) in [6, 6.07) is 15.2. The number of nitrogens with one attached hydrogen (secondary N) is 4. The number of aryl methyl sites for hydroxylation is 2. The van der Waals surface area contributed by atoms with Crippen LogP contribution in [-0.4, -0.2) is 83.5 Å². The van der Waals surface area contributed by atoms with Crippen molar-refractivity contribution in [1.29, 1.82) is 0 Å². The summed E-state index contributed by atoms with van der Waals surface area (Å²) in [5, 5.41) is 18.7. The lowest BCUT2D eigenvalue weighted by atomic mass is 9.99. The highest BCUT2D eigenvalue weighted by molar-refractivity contribution is 5.97. The number of amides is 2. The van der Waals surface area contributed by atoms with Crippen molar-refractivity contribution in [2.75, 3.05) is 45.3 Å². The van der Waals surface area contributed by atoms with Crippen molar-refractivity contribution < 1.29 is 19.1 Å². The van der Waals surface area contributed by atoms with Gasteiger partial charge in [-0.1, -0.05) is 31.2 Å². The highest BCUT2D eigenvalue weighted by atomic mass is 16.5. The number of carbonyl (C=O) groups excluding carboxylic acids is 2. The number of methoxy groups -OCH3 is 1. The van der Waals surface area contributed by atoms with E-state index in [1.54, 1.807) is 7.11 Å². The molecule has 272 valence electrons. The molecule has 4 aromatic rings. The highest BCUT2D eigenvalue weighted by Gasteiger charge is 2.23. The lowest BCUT2D eigenvalue weighted by molar-refractivity contribution is -0.129. The van der Waals surface area contributed by atoms with Crippen LogP contribution in [0, 0.1) is 0 Å². The van der Waals surface area contributed by atoms with Gasteiger partial charge in [-0.3, -0.25) is 14.5 Å². The minimum absolute atomic E-state index is 0.253. The molecule has 1 atom stereocenters. The van der Waals surface area contributed by atoms with Crippen LogP contribution in [0.5, 0.6) is 5.75 Å². The van der Waals surface area contributed by atoms with Gasteiger partial charge in [-0.15, -0.1) is 0 Å². The van der Waals surface area contributed by atoms with Crippen LogP contribution in [0.25, 0.3) is 22.2 Å². The van der Waals surface area contributed by atoms with E-state index in [9.17, 15) is 9.59 Å². The summed E-state index contributed by atoms with van der Waals surface area (Å²) in [5.74, 6) is 0.0810. The predicted molar refractivity (Wildman–Crippen MR) is 200 cm³/mol. The van der Waals surface area contributed by atoms with Gasteiger partial charge in [-0.25, -0.2) is 9.67 Å². The highest BCUT2D eigenvalue weighted by Crippen LogP contribution is 2.33. The zero-order valence-corrected chi connectivity index (χ0v) is 30.4. The first-order chi connectivity index (χ1) is 24.8. The molecule has 2 amide bonds. The lowest BCUT2D eigenvalue weighted by Gasteiger charge is -2.31. The molecule has 4 heterocycles. The summed E-state index contributed by atoms with van der Waals surface area (Å²) in [4.78, 5) is 33.5. The Kier molecular flexibility index (Phi) is 12.2. The van der Waals surface area contributed by atoms with Gasteiger partial charge in [0.05, 0.1) is 24.4 Å². The van der Waals surface area contributed by atoms with Crippen molar-refractivity contribution >= 4 is 28.5 Å². The van der Waals surface area contributed by atoms with Gasteiger partial charge in [0.15, 0.2) is 5.65 Å². The zero-order chi connectivity index (χ0) is 35.7. The van der Waals surface area contributed by atoms with Crippen molar-refractivity contribution in [2.24, 2.45) is 0 Å². The molecular weight excluding hydrogens is 644 g/mol. The summed E-state index contributed by atoms with van der Waals surface area (Å²) in [6.45, 7) is 13.0. The average molecular weight is 697 g/mol. The van der Waals surface area contributed by atoms with E-state index in [0.29, 0.717) is 38.8 Å². The summed E-state index contributed by atoms with van der Waals surface area (Å²) < 4.78 is 13.2. The van der Waals surface area contributed by atoms with Crippen LogP contribution >= 0.6 is 0 Å². The number of benzene rings is 2. The Bertz CT molecular complexity index is 1820. The third kappa shape index (κ3) is 9.05. The van der Waals surface area contributed by atoms with Crippen LogP contribution < -0.4 is 26.0 Å². The number of hydrogen-bond donors (Lipinski definition) is 4. The van der Waals surface area contributed by atoms with E-state index < -0.39 is 0 Å². The quantitative estimate of drug-likeness (QED) is 0.142. The van der Waals surface area contributed by atoms with Gasteiger partial charge >= 0.3 is 0 Å². The molecule has 6 rings (SSSR count). The number of rotatable bonds is 14. The number of anilines is 1. The normalized spacial score (nSPS) is 17.0. The number of fused-ring (bicyclic) bond motifs is 1. The van der Waals surface area contributed by atoms with E-state index in [-0.39, 0.29) is 30.8 Å². The Morgan fingerprint density at radius 2 is 1.84 bits per heavy atom. The fourth-order valence-corrected chi connectivity index (χ4v) is 7.10. The third-order valence-corrected chi connectivity index (χ3v) is 9.81. The van der Waals surface area contributed by atoms with E-state index in [0.717, 1.165) is 89.4 Å². The minimum Gasteiger partial charge on any atom is -0.496 e. The van der Waals surface area contributed by atoms with Crippen molar-refractivity contribution in [3.8, 4) is 16.9 Å². The number of aromatic nitrogens is 3. The smallest absolute Gasteiger partial charge is 0.229 e. The Hall–Kier alpha value is -4.52. The maximum atomic E-state index is 13.1.